The van der Waals surface area contributed by atoms with Crippen molar-refractivity contribution in [3.05, 3.63) is 29.6 Å². The Bertz CT molecular complexity index is 495. The maximum absolute atomic E-state index is 11.5. The minimum atomic E-state index is -0.538. The monoisotopic (exact) mass is 294 g/mol. The van der Waals surface area contributed by atoms with E-state index in [1.807, 2.05) is 0 Å². The fraction of sp³-hybridized carbons (Fsp3) is 0.533. The normalized spacial score (nSPS) is 10.9. The highest BCUT2D eigenvalue weighted by atomic mass is 16.6. The Morgan fingerprint density at radius 3 is 2.67 bits per heavy atom. The Morgan fingerprint density at radius 1 is 1.33 bits per heavy atom. The van der Waals surface area contributed by atoms with Gasteiger partial charge in [-0.15, -0.1) is 0 Å². The first-order chi connectivity index (χ1) is 9.80. The lowest BCUT2D eigenvalue weighted by molar-refractivity contribution is -0.142. The highest BCUT2D eigenvalue weighted by Gasteiger charge is 2.15. The van der Waals surface area contributed by atoms with Gasteiger partial charge in [0.1, 0.15) is 5.60 Å². The molecule has 1 heterocycles. The molecule has 0 fully saturated rings. The summed E-state index contributed by atoms with van der Waals surface area (Å²) in [5.74, 6) is -0.283. The Balaban J connectivity index is 2.53. The van der Waals surface area contributed by atoms with E-state index < -0.39 is 11.7 Å². The molecular weight excluding hydrogens is 272 g/mol. The van der Waals surface area contributed by atoms with E-state index in [-0.39, 0.29) is 18.9 Å². The Morgan fingerprint density at radius 2 is 2.05 bits per heavy atom. The summed E-state index contributed by atoms with van der Waals surface area (Å²) in [5.41, 5.74) is 0.913. The van der Waals surface area contributed by atoms with Crippen molar-refractivity contribution < 1.29 is 19.1 Å². The topological polar surface area (TPSA) is 77.5 Å². The van der Waals surface area contributed by atoms with Gasteiger partial charge in [0, 0.05) is 6.20 Å². The molecule has 0 saturated heterocycles. The van der Waals surface area contributed by atoms with Crippen molar-refractivity contribution in [1.82, 2.24) is 10.3 Å². The van der Waals surface area contributed by atoms with Crippen molar-refractivity contribution in [3.8, 4) is 0 Å². The highest BCUT2D eigenvalue weighted by molar-refractivity contribution is 5.72. The van der Waals surface area contributed by atoms with Crippen molar-refractivity contribution in [2.75, 3.05) is 6.61 Å². The quantitative estimate of drug-likeness (QED) is 0.842. The zero-order valence-corrected chi connectivity index (χ0v) is 12.9. The fourth-order valence-electron chi connectivity index (χ4n) is 1.59. The number of aromatic nitrogens is 1. The van der Waals surface area contributed by atoms with Crippen LogP contribution in [0.25, 0.3) is 0 Å². The number of nitrogens with zero attached hydrogens (tertiary/aromatic N) is 1. The number of amides is 1. The van der Waals surface area contributed by atoms with Gasteiger partial charge < -0.3 is 14.8 Å². The van der Waals surface area contributed by atoms with Crippen molar-refractivity contribution >= 4 is 12.1 Å². The summed E-state index contributed by atoms with van der Waals surface area (Å²) >= 11 is 0. The molecule has 0 aromatic carbocycles. The van der Waals surface area contributed by atoms with Gasteiger partial charge in [-0.1, -0.05) is 0 Å². The summed E-state index contributed by atoms with van der Waals surface area (Å²) in [6.45, 7) is 7.75. The molecule has 116 valence electrons. The molecule has 0 atom stereocenters. The number of pyridine rings is 1. The molecule has 0 radical (unpaired) electrons. The molecule has 0 saturated carbocycles. The molecule has 0 aliphatic carbocycles. The molecule has 1 aromatic heterocycles. The Kier molecular flexibility index (Phi) is 6.14. The van der Waals surface area contributed by atoms with Gasteiger partial charge in [0.25, 0.3) is 0 Å². The lowest BCUT2D eigenvalue weighted by atomic mass is 10.1. The molecule has 6 nitrogen and oxygen atoms in total. The summed E-state index contributed by atoms with van der Waals surface area (Å²) in [4.78, 5) is 27.1. The van der Waals surface area contributed by atoms with Crippen LogP contribution in [0.2, 0.25) is 0 Å². The molecule has 1 aromatic rings. The minimum Gasteiger partial charge on any atom is -0.466 e. The third kappa shape index (κ3) is 7.29. The average Bonchev–Trinajstić information content (AvgIpc) is 2.35. The van der Waals surface area contributed by atoms with E-state index in [1.165, 1.54) is 0 Å². The second-order valence-electron chi connectivity index (χ2n) is 5.49. The van der Waals surface area contributed by atoms with Crippen molar-refractivity contribution in [3.63, 3.8) is 0 Å². The number of carbonyl (C=O) groups excluding carboxylic acids is 2. The minimum absolute atomic E-state index is 0.190. The van der Waals surface area contributed by atoms with E-state index in [0.29, 0.717) is 12.3 Å². The Labute approximate surface area is 124 Å². The van der Waals surface area contributed by atoms with Crippen LogP contribution in [0.4, 0.5) is 4.79 Å². The highest BCUT2D eigenvalue weighted by Crippen LogP contribution is 2.07. The summed E-state index contributed by atoms with van der Waals surface area (Å²) in [6, 6.07) is 3.50. The number of esters is 1. The lowest BCUT2D eigenvalue weighted by Gasteiger charge is -2.19. The van der Waals surface area contributed by atoms with Gasteiger partial charge in [0.2, 0.25) is 0 Å². The smallest absolute Gasteiger partial charge is 0.407 e. The summed E-state index contributed by atoms with van der Waals surface area (Å²) < 4.78 is 10.0. The van der Waals surface area contributed by atoms with Crippen molar-refractivity contribution in [2.24, 2.45) is 0 Å². The largest absolute Gasteiger partial charge is 0.466 e. The molecule has 6 heteroatoms. The number of rotatable bonds is 5. The van der Waals surface area contributed by atoms with Crippen LogP contribution in [0.15, 0.2) is 18.3 Å². The lowest BCUT2D eigenvalue weighted by Crippen LogP contribution is -2.32. The van der Waals surface area contributed by atoms with Crippen LogP contribution in [0, 0.1) is 0 Å². The van der Waals surface area contributed by atoms with Crippen LogP contribution in [0.5, 0.6) is 0 Å². The standard InChI is InChI=1S/C15H22N2O4/c1-5-20-13(18)9-11-6-7-16-12(8-11)10-17-14(19)21-15(2,3)4/h6-8H,5,9-10H2,1-4H3,(H,17,19). The molecule has 1 amide bonds. The molecule has 0 spiro atoms. The zero-order valence-electron chi connectivity index (χ0n) is 12.9. The molecular formula is C15H22N2O4. The summed E-state index contributed by atoms with van der Waals surface area (Å²) in [6.07, 6.45) is 1.29. The van der Waals surface area contributed by atoms with Crippen LogP contribution in [-0.4, -0.2) is 29.3 Å². The van der Waals surface area contributed by atoms with Crippen LogP contribution in [0.1, 0.15) is 39.0 Å². The molecule has 0 aliphatic heterocycles. The number of nitrogens with one attached hydrogen (secondary N) is 1. The van der Waals surface area contributed by atoms with Crippen LogP contribution in [-0.2, 0) is 27.2 Å². The van der Waals surface area contributed by atoms with Gasteiger partial charge >= 0.3 is 12.1 Å². The van der Waals surface area contributed by atoms with Gasteiger partial charge in [-0.3, -0.25) is 9.78 Å². The van der Waals surface area contributed by atoms with Crippen LogP contribution < -0.4 is 5.32 Å². The Hall–Kier alpha value is -2.11. The van der Waals surface area contributed by atoms with Crippen molar-refractivity contribution in [2.45, 2.75) is 46.3 Å². The van der Waals surface area contributed by atoms with E-state index in [1.54, 1.807) is 46.0 Å². The number of alkyl carbamates (subject to hydrolysis) is 1. The van der Waals surface area contributed by atoms with Gasteiger partial charge in [0.15, 0.2) is 0 Å². The number of ether oxygens (including phenoxy) is 2. The molecule has 21 heavy (non-hydrogen) atoms. The molecule has 0 aliphatic rings. The van der Waals surface area contributed by atoms with E-state index in [9.17, 15) is 9.59 Å². The second-order valence-corrected chi connectivity index (χ2v) is 5.49. The van der Waals surface area contributed by atoms with E-state index >= 15 is 0 Å². The predicted molar refractivity (Wildman–Crippen MR) is 77.6 cm³/mol. The maximum atomic E-state index is 11.5. The SMILES string of the molecule is CCOC(=O)Cc1ccnc(CNC(=O)OC(C)(C)C)c1. The van der Waals surface area contributed by atoms with Crippen LogP contribution in [0.3, 0.4) is 0 Å². The average molecular weight is 294 g/mol. The zero-order chi connectivity index (χ0) is 15.9. The third-order valence-corrected chi connectivity index (χ3v) is 2.35. The van der Waals surface area contributed by atoms with Crippen molar-refractivity contribution in [1.29, 1.82) is 0 Å². The molecule has 1 N–H and O–H groups in total. The van der Waals surface area contributed by atoms with Gasteiger partial charge in [0.05, 0.1) is 25.3 Å². The second kappa shape index (κ2) is 7.61. The molecule has 1 rings (SSSR count). The summed E-state index contributed by atoms with van der Waals surface area (Å²) in [5, 5.41) is 2.62. The fourth-order valence-corrected chi connectivity index (χ4v) is 1.59. The number of carbonyl (C=O) groups is 2. The predicted octanol–water partition coefficient (Wildman–Crippen LogP) is 2.21. The maximum Gasteiger partial charge on any atom is 0.407 e. The summed E-state index contributed by atoms with van der Waals surface area (Å²) in [7, 11) is 0. The third-order valence-electron chi connectivity index (χ3n) is 2.35. The molecule has 0 unspecified atom stereocenters. The van der Waals surface area contributed by atoms with Gasteiger partial charge in [-0.2, -0.15) is 0 Å². The van der Waals surface area contributed by atoms with Crippen LogP contribution >= 0.6 is 0 Å². The molecule has 0 bridgehead atoms. The van der Waals surface area contributed by atoms with E-state index in [4.69, 9.17) is 9.47 Å². The first-order valence-corrected chi connectivity index (χ1v) is 6.86. The van der Waals surface area contributed by atoms with Gasteiger partial charge in [-0.05, 0) is 45.4 Å². The van der Waals surface area contributed by atoms with Gasteiger partial charge in [-0.25, -0.2) is 4.79 Å². The number of hydrogen-bond donors (Lipinski definition) is 1. The first-order valence-electron chi connectivity index (χ1n) is 6.86. The van der Waals surface area contributed by atoms with E-state index in [0.717, 1.165) is 5.56 Å². The number of hydrogen-bond acceptors (Lipinski definition) is 5. The van der Waals surface area contributed by atoms with E-state index in [2.05, 4.69) is 10.3 Å². The first kappa shape index (κ1) is 16.9.